The maximum Gasteiger partial charge on any atom is 0.204 e. The van der Waals surface area contributed by atoms with E-state index < -0.39 is 0 Å². The van der Waals surface area contributed by atoms with E-state index in [0.717, 1.165) is 17.0 Å². The van der Waals surface area contributed by atoms with Crippen molar-refractivity contribution < 1.29 is 9.53 Å². The van der Waals surface area contributed by atoms with Gasteiger partial charge in [-0.2, -0.15) is 5.10 Å². The molecule has 2 aromatic rings. The van der Waals surface area contributed by atoms with Crippen LogP contribution in [0.1, 0.15) is 34.8 Å². The van der Waals surface area contributed by atoms with Gasteiger partial charge in [-0.1, -0.05) is 11.3 Å². The predicted octanol–water partition coefficient (Wildman–Crippen LogP) is 3.50. The molecule has 0 saturated carbocycles. The molecule has 0 atom stereocenters. The summed E-state index contributed by atoms with van der Waals surface area (Å²) in [6, 6.07) is 7.63. The zero-order valence-electron chi connectivity index (χ0n) is 12.2. The summed E-state index contributed by atoms with van der Waals surface area (Å²) < 4.78 is 5.37. The number of hydrogen-bond donors (Lipinski definition) is 1. The van der Waals surface area contributed by atoms with E-state index in [2.05, 4.69) is 15.5 Å². The fraction of sp³-hybridized carbons (Fsp3) is 0.267. The van der Waals surface area contributed by atoms with E-state index in [1.54, 1.807) is 6.21 Å². The zero-order valence-corrected chi connectivity index (χ0v) is 13.0. The number of aryl methyl sites for hydroxylation is 1. The van der Waals surface area contributed by atoms with Crippen LogP contribution in [0, 0.1) is 6.92 Å². The molecule has 6 heteroatoms. The summed E-state index contributed by atoms with van der Waals surface area (Å²) in [5.41, 5.74) is 4.52. The minimum atomic E-state index is 0.0218. The second-order valence-electron chi connectivity index (χ2n) is 4.36. The highest BCUT2D eigenvalue weighted by atomic mass is 32.1. The SMILES string of the molecule is CCOc1ccc(/C=N/Nc2nc(C)c(C(C)=O)s2)cc1. The number of thiazole rings is 1. The third-order valence-electron chi connectivity index (χ3n) is 2.68. The van der Waals surface area contributed by atoms with Crippen molar-refractivity contribution in [1.82, 2.24) is 4.98 Å². The lowest BCUT2D eigenvalue weighted by Gasteiger charge is -2.01. The standard InChI is InChI=1S/C15H17N3O2S/c1-4-20-13-7-5-12(6-8-13)9-16-18-15-17-10(2)14(21-15)11(3)19/h5-9H,4H2,1-3H3,(H,17,18)/b16-9+. The van der Waals surface area contributed by atoms with Gasteiger partial charge in [0.1, 0.15) is 5.75 Å². The van der Waals surface area contributed by atoms with Gasteiger partial charge in [0.05, 0.1) is 23.4 Å². The van der Waals surface area contributed by atoms with Crippen molar-refractivity contribution in [2.75, 3.05) is 12.0 Å². The highest BCUT2D eigenvalue weighted by Gasteiger charge is 2.10. The molecule has 1 N–H and O–H groups in total. The van der Waals surface area contributed by atoms with Crippen LogP contribution < -0.4 is 10.2 Å². The molecule has 1 aromatic heterocycles. The molecule has 0 amide bonds. The van der Waals surface area contributed by atoms with Gasteiger partial charge in [-0.25, -0.2) is 4.98 Å². The summed E-state index contributed by atoms with van der Waals surface area (Å²) in [6.07, 6.45) is 1.69. The largest absolute Gasteiger partial charge is 0.494 e. The number of hydrogen-bond acceptors (Lipinski definition) is 6. The molecule has 1 heterocycles. The average molecular weight is 303 g/mol. The first-order chi connectivity index (χ1) is 10.1. The van der Waals surface area contributed by atoms with E-state index >= 15 is 0 Å². The van der Waals surface area contributed by atoms with Crippen LogP contribution in [0.25, 0.3) is 0 Å². The number of ketones is 1. The third kappa shape index (κ3) is 4.13. The molecule has 0 bridgehead atoms. The number of rotatable bonds is 6. The maximum atomic E-state index is 11.4. The number of nitrogens with one attached hydrogen (secondary N) is 1. The molecule has 0 aliphatic carbocycles. The van der Waals surface area contributed by atoms with Gasteiger partial charge in [0, 0.05) is 6.92 Å². The van der Waals surface area contributed by atoms with Crippen LogP contribution in [0.4, 0.5) is 5.13 Å². The lowest BCUT2D eigenvalue weighted by atomic mass is 10.2. The molecule has 0 aliphatic rings. The van der Waals surface area contributed by atoms with Crippen molar-refractivity contribution in [3.63, 3.8) is 0 Å². The number of hydrazone groups is 1. The van der Waals surface area contributed by atoms with E-state index in [0.29, 0.717) is 16.6 Å². The topological polar surface area (TPSA) is 63.6 Å². The summed E-state index contributed by atoms with van der Waals surface area (Å²) in [6.45, 7) is 5.95. The molecule has 110 valence electrons. The average Bonchev–Trinajstić information content (AvgIpc) is 2.82. The number of carbonyl (C=O) groups is 1. The Morgan fingerprint density at radius 2 is 2.14 bits per heavy atom. The zero-order chi connectivity index (χ0) is 15.2. The molecule has 0 radical (unpaired) electrons. The molecule has 0 aliphatic heterocycles. The van der Waals surface area contributed by atoms with E-state index in [4.69, 9.17) is 4.74 Å². The lowest BCUT2D eigenvalue weighted by molar-refractivity contribution is 0.102. The van der Waals surface area contributed by atoms with Crippen molar-refractivity contribution in [1.29, 1.82) is 0 Å². The van der Waals surface area contributed by atoms with Crippen molar-refractivity contribution >= 4 is 28.5 Å². The fourth-order valence-corrected chi connectivity index (χ4v) is 2.56. The Hall–Kier alpha value is -2.21. The van der Waals surface area contributed by atoms with Crippen molar-refractivity contribution in [3.05, 3.63) is 40.4 Å². The minimum absolute atomic E-state index is 0.0218. The van der Waals surface area contributed by atoms with Crippen LogP contribution in [0.15, 0.2) is 29.4 Å². The number of aromatic nitrogens is 1. The predicted molar refractivity (Wildman–Crippen MR) is 85.7 cm³/mol. The van der Waals surface area contributed by atoms with Crippen LogP contribution in [0.3, 0.4) is 0 Å². The summed E-state index contributed by atoms with van der Waals surface area (Å²) in [5, 5.41) is 4.73. The Bertz CT molecular complexity index is 647. The summed E-state index contributed by atoms with van der Waals surface area (Å²) >= 11 is 1.31. The van der Waals surface area contributed by atoms with Crippen LogP contribution >= 0.6 is 11.3 Å². The van der Waals surface area contributed by atoms with Crippen molar-refractivity contribution in [3.8, 4) is 5.75 Å². The van der Waals surface area contributed by atoms with Crippen molar-refractivity contribution in [2.45, 2.75) is 20.8 Å². The van der Waals surface area contributed by atoms with Gasteiger partial charge < -0.3 is 4.74 Å². The number of ether oxygens (including phenoxy) is 1. The first kappa shape index (κ1) is 15.2. The van der Waals surface area contributed by atoms with Crippen molar-refractivity contribution in [2.24, 2.45) is 5.10 Å². The van der Waals surface area contributed by atoms with E-state index in [9.17, 15) is 4.79 Å². The number of Topliss-reactive ketones (excluding diaryl/α,β-unsaturated/α-hetero) is 1. The Morgan fingerprint density at radius 3 is 2.71 bits per heavy atom. The Kier molecular flexibility index (Phi) is 5.05. The first-order valence-corrected chi connectivity index (χ1v) is 7.42. The smallest absolute Gasteiger partial charge is 0.204 e. The maximum absolute atomic E-state index is 11.4. The number of benzene rings is 1. The lowest BCUT2D eigenvalue weighted by Crippen LogP contribution is -1.92. The molecule has 0 fully saturated rings. The van der Waals surface area contributed by atoms with Gasteiger partial charge in [0.25, 0.3) is 0 Å². The Labute approximate surface area is 127 Å². The van der Waals surface area contributed by atoms with E-state index in [-0.39, 0.29) is 5.78 Å². The summed E-state index contributed by atoms with van der Waals surface area (Å²) in [5.74, 6) is 0.859. The molecule has 21 heavy (non-hydrogen) atoms. The number of carbonyl (C=O) groups excluding carboxylic acids is 1. The Balaban J connectivity index is 1.98. The van der Waals surface area contributed by atoms with Gasteiger partial charge >= 0.3 is 0 Å². The van der Waals surface area contributed by atoms with Crippen LogP contribution in [0.2, 0.25) is 0 Å². The molecular weight excluding hydrogens is 286 g/mol. The van der Waals surface area contributed by atoms with Crippen LogP contribution in [0.5, 0.6) is 5.75 Å². The monoisotopic (exact) mass is 303 g/mol. The second kappa shape index (κ2) is 6.99. The summed E-state index contributed by atoms with van der Waals surface area (Å²) in [4.78, 5) is 16.3. The quantitative estimate of drug-likeness (QED) is 0.504. The van der Waals surface area contributed by atoms with Gasteiger partial charge in [-0.05, 0) is 43.7 Å². The second-order valence-corrected chi connectivity index (χ2v) is 5.36. The number of nitrogens with zero attached hydrogens (tertiary/aromatic N) is 2. The molecule has 0 unspecified atom stereocenters. The normalized spacial score (nSPS) is 10.8. The molecule has 0 saturated heterocycles. The first-order valence-electron chi connectivity index (χ1n) is 6.60. The molecule has 2 rings (SSSR count). The van der Waals surface area contributed by atoms with Gasteiger partial charge in [0.2, 0.25) is 5.13 Å². The molecule has 0 spiro atoms. The van der Waals surface area contributed by atoms with Crippen LogP contribution in [-0.4, -0.2) is 23.6 Å². The number of anilines is 1. The fourth-order valence-electron chi connectivity index (χ4n) is 1.75. The molecular formula is C15H17N3O2S. The van der Waals surface area contributed by atoms with Gasteiger partial charge in [0.15, 0.2) is 5.78 Å². The molecule has 5 nitrogen and oxygen atoms in total. The van der Waals surface area contributed by atoms with E-state index in [1.807, 2.05) is 38.1 Å². The third-order valence-corrected chi connectivity index (χ3v) is 3.84. The highest BCUT2D eigenvalue weighted by molar-refractivity contribution is 7.17. The van der Waals surface area contributed by atoms with Gasteiger partial charge in [-0.15, -0.1) is 0 Å². The Morgan fingerprint density at radius 1 is 1.43 bits per heavy atom. The minimum Gasteiger partial charge on any atom is -0.494 e. The summed E-state index contributed by atoms with van der Waals surface area (Å²) in [7, 11) is 0. The molecule has 1 aromatic carbocycles. The van der Waals surface area contributed by atoms with Gasteiger partial charge in [-0.3, -0.25) is 10.2 Å². The van der Waals surface area contributed by atoms with Crippen LogP contribution in [-0.2, 0) is 0 Å². The van der Waals surface area contributed by atoms with E-state index in [1.165, 1.54) is 18.3 Å². The highest BCUT2D eigenvalue weighted by Crippen LogP contribution is 2.22.